The second-order valence-electron chi connectivity index (χ2n) is 7.30. The van der Waals surface area contributed by atoms with Gasteiger partial charge in [-0.3, -0.25) is 4.79 Å². The van der Waals surface area contributed by atoms with Gasteiger partial charge in [-0.15, -0.1) is 0 Å². The zero-order valence-corrected chi connectivity index (χ0v) is 14.3. The molecule has 3 rings (SSSR count). The van der Waals surface area contributed by atoms with Gasteiger partial charge in [0.05, 0.1) is 0 Å². The first kappa shape index (κ1) is 16.5. The van der Waals surface area contributed by atoms with Crippen LogP contribution in [-0.4, -0.2) is 36.5 Å². The highest BCUT2D eigenvalue weighted by molar-refractivity contribution is 5.76. The summed E-state index contributed by atoms with van der Waals surface area (Å²) in [6.45, 7) is 5.43. The lowest BCUT2D eigenvalue weighted by Gasteiger charge is -2.27. The summed E-state index contributed by atoms with van der Waals surface area (Å²) in [6, 6.07) is 11.1. The molecule has 0 saturated carbocycles. The molecule has 0 aromatic heterocycles. The lowest BCUT2D eigenvalue weighted by atomic mass is 9.92. The van der Waals surface area contributed by atoms with Crippen molar-refractivity contribution in [2.45, 2.75) is 51.5 Å². The highest BCUT2D eigenvalue weighted by atomic mass is 16.2. The smallest absolute Gasteiger partial charge is 0.222 e. The topological polar surface area (TPSA) is 32.3 Å². The van der Waals surface area contributed by atoms with Crippen LogP contribution >= 0.6 is 0 Å². The van der Waals surface area contributed by atoms with Crippen molar-refractivity contribution in [1.29, 1.82) is 0 Å². The first-order valence-corrected chi connectivity index (χ1v) is 9.28. The summed E-state index contributed by atoms with van der Waals surface area (Å²) in [4.78, 5) is 14.8. The summed E-state index contributed by atoms with van der Waals surface area (Å²) in [5.41, 5.74) is 1.40. The Bertz CT molecular complexity index is 496. The molecule has 0 aliphatic carbocycles. The van der Waals surface area contributed by atoms with Crippen molar-refractivity contribution < 1.29 is 4.79 Å². The van der Waals surface area contributed by atoms with Crippen LogP contribution in [0, 0.1) is 11.8 Å². The van der Waals surface area contributed by atoms with Gasteiger partial charge in [0.2, 0.25) is 5.91 Å². The highest BCUT2D eigenvalue weighted by Crippen LogP contribution is 2.29. The van der Waals surface area contributed by atoms with Crippen molar-refractivity contribution in [2.24, 2.45) is 11.8 Å². The zero-order valence-electron chi connectivity index (χ0n) is 14.3. The molecule has 0 radical (unpaired) electrons. The van der Waals surface area contributed by atoms with Gasteiger partial charge in [-0.25, -0.2) is 0 Å². The van der Waals surface area contributed by atoms with Gasteiger partial charge in [0.25, 0.3) is 0 Å². The maximum Gasteiger partial charge on any atom is 0.222 e. The second kappa shape index (κ2) is 7.96. The number of likely N-dealkylation sites (tertiary alicyclic amines) is 1. The van der Waals surface area contributed by atoms with E-state index in [2.05, 4.69) is 47.5 Å². The van der Waals surface area contributed by atoms with Gasteiger partial charge in [0, 0.05) is 19.0 Å². The Morgan fingerprint density at radius 2 is 1.91 bits per heavy atom. The molecule has 1 aromatic rings. The van der Waals surface area contributed by atoms with Crippen molar-refractivity contribution in [3.05, 3.63) is 35.9 Å². The third kappa shape index (κ3) is 4.35. The molecule has 1 aromatic carbocycles. The molecule has 3 heteroatoms. The lowest BCUT2D eigenvalue weighted by Crippen LogP contribution is -2.36. The van der Waals surface area contributed by atoms with Crippen molar-refractivity contribution in [1.82, 2.24) is 10.2 Å². The number of carbonyl (C=O) groups excluding carboxylic acids is 1. The number of amides is 1. The standard InChI is InChI=1S/C20H30N2O/c1-16-19(15-18-5-3-2-4-6-18)11-14-22(16)20(23)8-7-17-9-12-21-13-10-17/h2-6,16-17,19,21H,7-15H2,1H3. The largest absolute Gasteiger partial charge is 0.340 e. The van der Waals surface area contributed by atoms with Crippen LogP contribution in [0.5, 0.6) is 0 Å². The minimum Gasteiger partial charge on any atom is -0.340 e. The Balaban J connectivity index is 1.47. The number of rotatable bonds is 5. The van der Waals surface area contributed by atoms with E-state index in [1.165, 1.54) is 18.4 Å². The van der Waals surface area contributed by atoms with Crippen molar-refractivity contribution >= 4 is 5.91 Å². The number of piperidine rings is 1. The maximum absolute atomic E-state index is 12.6. The van der Waals surface area contributed by atoms with Crippen molar-refractivity contribution in [3.63, 3.8) is 0 Å². The molecule has 0 spiro atoms. The van der Waals surface area contributed by atoms with Crippen LogP contribution in [-0.2, 0) is 11.2 Å². The number of nitrogens with one attached hydrogen (secondary N) is 1. The monoisotopic (exact) mass is 314 g/mol. The van der Waals surface area contributed by atoms with E-state index in [1.54, 1.807) is 0 Å². The third-order valence-electron chi connectivity index (χ3n) is 5.80. The molecule has 126 valence electrons. The van der Waals surface area contributed by atoms with Gasteiger partial charge in [-0.05, 0) is 69.5 Å². The fourth-order valence-electron chi connectivity index (χ4n) is 4.19. The summed E-state index contributed by atoms with van der Waals surface area (Å²) in [6.07, 6.45) is 6.54. The summed E-state index contributed by atoms with van der Waals surface area (Å²) < 4.78 is 0. The van der Waals surface area contributed by atoms with E-state index in [9.17, 15) is 4.79 Å². The zero-order chi connectivity index (χ0) is 16.1. The Morgan fingerprint density at radius 3 is 2.65 bits per heavy atom. The van der Waals surface area contributed by atoms with E-state index in [0.717, 1.165) is 51.2 Å². The fraction of sp³-hybridized carbons (Fsp3) is 0.650. The van der Waals surface area contributed by atoms with E-state index in [1.807, 2.05) is 0 Å². The van der Waals surface area contributed by atoms with Gasteiger partial charge in [0.15, 0.2) is 0 Å². The van der Waals surface area contributed by atoms with Gasteiger partial charge < -0.3 is 10.2 Å². The molecule has 3 nitrogen and oxygen atoms in total. The average molecular weight is 314 g/mol. The normalized spacial score (nSPS) is 25.7. The number of benzene rings is 1. The number of hydrogen-bond acceptors (Lipinski definition) is 2. The van der Waals surface area contributed by atoms with E-state index >= 15 is 0 Å². The van der Waals surface area contributed by atoms with Crippen LogP contribution in [0.25, 0.3) is 0 Å². The lowest BCUT2D eigenvalue weighted by molar-refractivity contribution is -0.132. The summed E-state index contributed by atoms with van der Waals surface area (Å²) in [7, 11) is 0. The van der Waals surface area contributed by atoms with E-state index in [0.29, 0.717) is 17.9 Å². The quantitative estimate of drug-likeness (QED) is 0.905. The molecule has 2 aliphatic rings. The molecule has 2 heterocycles. The van der Waals surface area contributed by atoms with Crippen molar-refractivity contribution in [2.75, 3.05) is 19.6 Å². The maximum atomic E-state index is 12.6. The predicted octanol–water partition coefficient (Wildman–Crippen LogP) is 3.25. The van der Waals surface area contributed by atoms with Gasteiger partial charge >= 0.3 is 0 Å². The van der Waals surface area contributed by atoms with E-state index in [-0.39, 0.29) is 0 Å². The Hall–Kier alpha value is -1.35. The third-order valence-corrected chi connectivity index (χ3v) is 5.80. The average Bonchev–Trinajstić information content (AvgIpc) is 2.95. The Labute approximate surface area is 140 Å². The first-order valence-electron chi connectivity index (χ1n) is 9.28. The summed E-state index contributed by atoms with van der Waals surface area (Å²) in [5, 5.41) is 3.40. The molecule has 0 bridgehead atoms. The molecule has 1 amide bonds. The fourth-order valence-corrected chi connectivity index (χ4v) is 4.19. The summed E-state index contributed by atoms with van der Waals surface area (Å²) >= 11 is 0. The van der Waals surface area contributed by atoms with Crippen LogP contribution < -0.4 is 5.32 Å². The van der Waals surface area contributed by atoms with Crippen LogP contribution in [0.4, 0.5) is 0 Å². The molecule has 2 saturated heterocycles. The van der Waals surface area contributed by atoms with E-state index < -0.39 is 0 Å². The molecule has 2 aliphatic heterocycles. The number of carbonyl (C=O) groups is 1. The minimum absolute atomic E-state index is 0.381. The van der Waals surface area contributed by atoms with Gasteiger partial charge in [-0.1, -0.05) is 30.3 Å². The Morgan fingerprint density at radius 1 is 1.17 bits per heavy atom. The molecule has 1 N–H and O–H groups in total. The number of hydrogen-bond donors (Lipinski definition) is 1. The van der Waals surface area contributed by atoms with Crippen LogP contribution in [0.1, 0.15) is 44.6 Å². The SMILES string of the molecule is CC1C(Cc2ccccc2)CCN1C(=O)CCC1CCNCC1. The van der Waals surface area contributed by atoms with Crippen LogP contribution in [0.3, 0.4) is 0 Å². The molecular weight excluding hydrogens is 284 g/mol. The van der Waals surface area contributed by atoms with Crippen molar-refractivity contribution in [3.8, 4) is 0 Å². The molecule has 23 heavy (non-hydrogen) atoms. The highest BCUT2D eigenvalue weighted by Gasteiger charge is 2.33. The van der Waals surface area contributed by atoms with Gasteiger partial charge in [-0.2, -0.15) is 0 Å². The second-order valence-corrected chi connectivity index (χ2v) is 7.30. The first-order chi connectivity index (χ1) is 11.2. The van der Waals surface area contributed by atoms with E-state index in [4.69, 9.17) is 0 Å². The van der Waals surface area contributed by atoms with Gasteiger partial charge in [0.1, 0.15) is 0 Å². The van der Waals surface area contributed by atoms with Crippen LogP contribution in [0.2, 0.25) is 0 Å². The Kier molecular flexibility index (Phi) is 5.71. The van der Waals surface area contributed by atoms with Crippen LogP contribution in [0.15, 0.2) is 30.3 Å². The molecule has 2 unspecified atom stereocenters. The predicted molar refractivity (Wildman–Crippen MR) is 94.3 cm³/mol. The summed E-state index contributed by atoms with van der Waals surface area (Å²) in [5.74, 6) is 1.74. The molecule has 2 atom stereocenters. The molecule has 2 fully saturated rings. The minimum atomic E-state index is 0.381. The number of nitrogens with zero attached hydrogens (tertiary/aromatic N) is 1. The molecular formula is C20H30N2O.